The van der Waals surface area contributed by atoms with Crippen LogP contribution in [0.25, 0.3) is 0 Å². The second-order valence-electron chi connectivity index (χ2n) is 3.42. The average Bonchev–Trinajstić information content (AvgIpc) is 1.93. The first-order chi connectivity index (χ1) is 5.75. The molecule has 1 atom stereocenters. The van der Waals surface area contributed by atoms with Crippen molar-refractivity contribution in [2.75, 3.05) is 13.7 Å². The molecule has 1 aliphatic carbocycles. The number of aliphatic carboxylic acids is 1. The molecule has 0 aromatic carbocycles. The number of carboxylic acid groups (broad SMARTS) is 1. The highest BCUT2D eigenvalue weighted by Crippen LogP contribution is 2.35. The number of carbonyl (C=O) groups is 1. The van der Waals surface area contributed by atoms with Gasteiger partial charge in [0.25, 0.3) is 0 Å². The van der Waals surface area contributed by atoms with E-state index in [1.54, 1.807) is 7.11 Å². The molecule has 0 bridgehead atoms. The molecule has 1 rings (SSSR count). The van der Waals surface area contributed by atoms with Gasteiger partial charge in [-0.1, -0.05) is 6.42 Å². The van der Waals surface area contributed by atoms with Gasteiger partial charge in [-0.3, -0.25) is 4.79 Å². The molecule has 0 aromatic heterocycles. The van der Waals surface area contributed by atoms with E-state index in [0.29, 0.717) is 18.9 Å². The monoisotopic (exact) mass is 172 g/mol. The van der Waals surface area contributed by atoms with Gasteiger partial charge in [0, 0.05) is 13.7 Å². The van der Waals surface area contributed by atoms with E-state index in [9.17, 15) is 4.79 Å². The van der Waals surface area contributed by atoms with Gasteiger partial charge in [-0.2, -0.15) is 0 Å². The molecule has 0 saturated heterocycles. The molecule has 0 heterocycles. The summed E-state index contributed by atoms with van der Waals surface area (Å²) < 4.78 is 4.88. The Morgan fingerprint density at radius 3 is 2.67 bits per heavy atom. The van der Waals surface area contributed by atoms with Crippen LogP contribution in [0.1, 0.15) is 25.7 Å². The van der Waals surface area contributed by atoms with Gasteiger partial charge >= 0.3 is 5.97 Å². The van der Waals surface area contributed by atoms with Gasteiger partial charge in [0.15, 0.2) is 0 Å². The molecule has 3 nitrogen and oxygen atoms in total. The predicted octanol–water partition coefficient (Wildman–Crippen LogP) is 1.52. The number of hydrogen-bond acceptors (Lipinski definition) is 2. The Balaban J connectivity index is 2.32. The van der Waals surface area contributed by atoms with Gasteiger partial charge < -0.3 is 9.84 Å². The molecule has 0 spiro atoms. The van der Waals surface area contributed by atoms with Crippen LogP contribution in [-0.2, 0) is 9.53 Å². The average molecular weight is 172 g/mol. The number of hydrogen-bond donors (Lipinski definition) is 1. The minimum absolute atomic E-state index is 0.168. The molecule has 1 saturated carbocycles. The van der Waals surface area contributed by atoms with Crippen molar-refractivity contribution in [3.63, 3.8) is 0 Å². The van der Waals surface area contributed by atoms with Crippen molar-refractivity contribution in [1.82, 2.24) is 0 Å². The fourth-order valence-corrected chi connectivity index (χ4v) is 1.65. The summed E-state index contributed by atoms with van der Waals surface area (Å²) in [6.45, 7) is 0.563. The van der Waals surface area contributed by atoms with Crippen LogP contribution < -0.4 is 0 Å². The summed E-state index contributed by atoms with van der Waals surface area (Å²) in [5.74, 6) is -0.409. The molecule has 1 N–H and O–H groups in total. The van der Waals surface area contributed by atoms with Gasteiger partial charge in [0.05, 0.1) is 5.92 Å². The van der Waals surface area contributed by atoms with Crippen LogP contribution in [0.4, 0.5) is 0 Å². The summed E-state index contributed by atoms with van der Waals surface area (Å²) >= 11 is 0. The van der Waals surface area contributed by atoms with E-state index in [1.165, 1.54) is 6.42 Å². The van der Waals surface area contributed by atoms with Gasteiger partial charge in [-0.25, -0.2) is 0 Å². The fraction of sp³-hybridized carbons (Fsp3) is 0.889. The highest BCUT2D eigenvalue weighted by atomic mass is 16.5. The van der Waals surface area contributed by atoms with Crippen molar-refractivity contribution in [2.24, 2.45) is 11.8 Å². The topological polar surface area (TPSA) is 46.5 Å². The maximum atomic E-state index is 10.8. The van der Waals surface area contributed by atoms with Crippen molar-refractivity contribution >= 4 is 5.97 Å². The van der Waals surface area contributed by atoms with E-state index in [4.69, 9.17) is 9.84 Å². The van der Waals surface area contributed by atoms with Crippen LogP contribution in [0, 0.1) is 11.8 Å². The van der Waals surface area contributed by atoms with Crippen molar-refractivity contribution in [1.29, 1.82) is 0 Å². The van der Waals surface area contributed by atoms with Gasteiger partial charge in [0.2, 0.25) is 0 Å². The van der Waals surface area contributed by atoms with Crippen LogP contribution in [-0.4, -0.2) is 24.8 Å². The molecule has 0 aromatic rings. The molecule has 0 unspecified atom stereocenters. The molecule has 3 heteroatoms. The molecule has 0 amide bonds. The summed E-state index contributed by atoms with van der Waals surface area (Å²) in [7, 11) is 1.61. The standard InChI is InChI=1S/C9H16O3/c1-12-6-5-8(9(10)11)7-3-2-4-7/h7-8H,2-6H2,1H3,(H,10,11)/t8-/m0/s1. The lowest BCUT2D eigenvalue weighted by molar-refractivity contribution is -0.145. The summed E-state index contributed by atoms with van der Waals surface area (Å²) in [5.41, 5.74) is 0. The zero-order valence-electron chi connectivity index (χ0n) is 7.45. The first kappa shape index (κ1) is 9.52. The fourth-order valence-electron chi connectivity index (χ4n) is 1.65. The van der Waals surface area contributed by atoms with Crippen LogP contribution in [0.5, 0.6) is 0 Å². The van der Waals surface area contributed by atoms with Crippen molar-refractivity contribution < 1.29 is 14.6 Å². The number of methoxy groups -OCH3 is 1. The molecule has 1 aliphatic rings. The van der Waals surface area contributed by atoms with Crippen molar-refractivity contribution in [3.05, 3.63) is 0 Å². The van der Waals surface area contributed by atoms with Gasteiger partial charge in [-0.05, 0) is 25.2 Å². The number of rotatable bonds is 5. The van der Waals surface area contributed by atoms with Gasteiger partial charge in [-0.15, -0.1) is 0 Å². The largest absolute Gasteiger partial charge is 0.481 e. The van der Waals surface area contributed by atoms with E-state index >= 15 is 0 Å². The third-order valence-electron chi connectivity index (χ3n) is 2.67. The Kier molecular flexibility index (Phi) is 3.53. The summed E-state index contributed by atoms with van der Waals surface area (Å²) in [6, 6.07) is 0. The molecule has 1 fully saturated rings. The van der Waals surface area contributed by atoms with E-state index in [-0.39, 0.29) is 5.92 Å². The number of ether oxygens (including phenoxy) is 1. The highest BCUT2D eigenvalue weighted by Gasteiger charge is 2.31. The van der Waals surface area contributed by atoms with Crippen LogP contribution in [0.3, 0.4) is 0 Å². The zero-order chi connectivity index (χ0) is 8.97. The molecule has 0 radical (unpaired) electrons. The SMILES string of the molecule is COCC[C@H](C(=O)O)C1CCC1. The van der Waals surface area contributed by atoms with Gasteiger partial charge in [0.1, 0.15) is 0 Å². The maximum absolute atomic E-state index is 10.8. The Bertz CT molecular complexity index is 152. The molecule has 12 heavy (non-hydrogen) atoms. The minimum atomic E-state index is -0.656. The summed E-state index contributed by atoms with van der Waals surface area (Å²) in [4.78, 5) is 10.8. The normalized spacial score (nSPS) is 20.1. The summed E-state index contributed by atoms with van der Waals surface area (Å²) in [6.07, 6.45) is 4.03. The Hall–Kier alpha value is -0.570. The smallest absolute Gasteiger partial charge is 0.306 e. The van der Waals surface area contributed by atoms with Crippen molar-refractivity contribution in [3.8, 4) is 0 Å². The van der Waals surface area contributed by atoms with E-state index in [1.807, 2.05) is 0 Å². The Morgan fingerprint density at radius 1 is 1.67 bits per heavy atom. The van der Waals surface area contributed by atoms with Crippen LogP contribution in [0.15, 0.2) is 0 Å². The molecule has 0 aliphatic heterocycles. The number of carboxylic acids is 1. The third kappa shape index (κ3) is 2.21. The lowest BCUT2D eigenvalue weighted by atomic mass is 9.75. The van der Waals surface area contributed by atoms with E-state index in [2.05, 4.69) is 0 Å². The molecular formula is C9H16O3. The van der Waals surface area contributed by atoms with Crippen LogP contribution >= 0.6 is 0 Å². The zero-order valence-corrected chi connectivity index (χ0v) is 7.45. The van der Waals surface area contributed by atoms with Crippen molar-refractivity contribution in [2.45, 2.75) is 25.7 Å². The maximum Gasteiger partial charge on any atom is 0.306 e. The molecule has 70 valence electrons. The predicted molar refractivity (Wildman–Crippen MR) is 45.0 cm³/mol. The first-order valence-electron chi connectivity index (χ1n) is 4.47. The lowest BCUT2D eigenvalue weighted by Crippen LogP contribution is -2.29. The summed E-state index contributed by atoms with van der Waals surface area (Å²) in [5, 5.41) is 8.88. The minimum Gasteiger partial charge on any atom is -0.481 e. The second-order valence-corrected chi connectivity index (χ2v) is 3.42. The Labute approximate surface area is 72.7 Å². The highest BCUT2D eigenvalue weighted by molar-refractivity contribution is 5.70. The Morgan fingerprint density at radius 2 is 2.33 bits per heavy atom. The third-order valence-corrected chi connectivity index (χ3v) is 2.67. The molecular weight excluding hydrogens is 156 g/mol. The van der Waals surface area contributed by atoms with Crippen LogP contribution in [0.2, 0.25) is 0 Å². The quantitative estimate of drug-likeness (QED) is 0.684. The first-order valence-corrected chi connectivity index (χ1v) is 4.47. The lowest BCUT2D eigenvalue weighted by Gasteiger charge is -2.30. The van der Waals surface area contributed by atoms with E-state index in [0.717, 1.165) is 12.8 Å². The second kappa shape index (κ2) is 4.45. The van der Waals surface area contributed by atoms with E-state index < -0.39 is 5.97 Å².